The molecule has 0 aromatic heterocycles. The normalized spacial score (nSPS) is 18.5. The maximum atomic E-state index is 12.3. The molecule has 0 radical (unpaired) electrons. The number of benzene rings is 1. The molecule has 1 aliphatic rings. The van der Waals surface area contributed by atoms with Gasteiger partial charge in [-0.25, -0.2) is 0 Å². The highest BCUT2D eigenvalue weighted by Gasteiger charge is 2.24. The van der Waals surface area contributed by atoms with E-state index in [1.54, 1.807) is 19.1 Å². The number of carbonyl (C=O) groups excluding carboxylic acids is 1. The van der Waals surface area contributed by atoms with Gasteiger partial charge in [0.2, 0.25) is 5.91 Å². The van der Waals surface area contributed by atoms with E-state index in [9.17, 15) is 13.6 Å². The van der Waals surface area contributed by atoms with Crippen LogP contribution in [0.15, 0.2) is 18.2 Å². The minimum absolute atomic E-state index is 0.00383. The molecule has 1 N–H and O–H groups in total. The van der Waals surface area contributed by atoms with Gasteiger partial charge in [0.15, 0.2) is 11.5 Å². The summed E-state index contributed by atoms with van der Waals surface area (Å²) in [5.41, 5.74) is 0.878. The van der Waals surface area contributed by atoms with Crippen LogP contribution in [0, 0.1) is 0 Å². The van der Waals surface area contributed by atoms with Crippen molar-refractivity contribution in [2.75, 3.05) is 13.2 Å². The summed E-state index contributed by atoms with van der Waals surface area (Å²) < 4.78 is 34.2. The van der Waals surface area contributed by atoms with Crippen LogP contribution in [0.2, 0.25) is 0 Å². The summed E-state index contributed by atoms with van der Waals surface area (Å²) in [6, 6.07) is 4.80. The molecule has 1 fully saturated rings. The monoisotopic (exact) mass is 271 g/mol. The summed E-state index contributed by atoms with van der Waals surface area (Å²) >= 11 is 0. The maximum absolute atomic E-state index is 12.3. The molecule has 104 valence electrons. The lowest BCUT2D eigenvalue weighted by Crippen LogP contribution is -2.13. The zero-order chi connectivity index (χ0) is 13.8. The van der Waals surface area contributed by atoms with E-state index >= 15 is 0 Å². The summed E-state index contributed by atoms with van der Waals surface area (Å²) in [6.07, 6.45) is 0.403. The van der Waals surface area contributed by atoms with Crippen molar-refractivity contribution in [2.24, 2.45) is 0 Å². The first-order valence-corrected chi connectivity index (χ1v) is 6.08. The van der Waals surface area contributed by atoms with Crippen molar-refractivity contribution in [3.8, 4) is 11.5 Å². The summed E-state index contributed by atoms with van der Waals surface area (Å²) in [5, 5.41) is 2.74. The molecule has 2 rings (SSSR count). The number of hydrogen-bond donors (Lipinski definition) is 1. The Labute approximate surface area is 109 Å². The van der Waals surface area contributed by atoms with Gasteiger partial charge in [-0.3, -0.25) is 4.79 Å². The Hall–Kier alpha value is -1.85. The lowest BCUT2D eigenvalue weighted by Gasteiger charge is -2.14. The van der Waals surface area contributed by atoms with Crippen molar-refractivity contribution in [3.05, 3.63) is 23.8 Å². The lowest BCUT2D eigenvalue weighted by molar-refractivity contribution is -0.119. The number of nitrogens with one attached hydrogen (secondary N) is 1. The highest BCUT2D eigenvalue weighted by molar-refractivity contribution is 5.79. The van der Waals surface area contributed by atoms with Crippen molar-refractivity contribution < 1.29 is 23.0 Å². The Balaban J connectivity index is 2.22. The zero-order valence-corrected chi connectivity index (χ0v) is 10.5. The van der Waals surface area contributed by atoms with Crippen LogP contribution in [0.5, 0.6) is 11.5 Å². The van der Waals surface area contributed by atoms with Gasteiger partial charge < -0.3 is 14.8 Å². The van der Waals surface area contributed by atoms with Gasteiger partial charge in [0.1, 0.15) is 0 Å². The largest absolute Gasteiger partial charge is 0.490 e. The molecule has 1 aromatic rings. The van der Waals surface area contributed by atoms with Gasteiger partial charge in [-0.15, -0.1) is 0 Å². The fraction of sp³-hybridized carbons (Fsp3) is 0.462. The molecular formula is C13H15F2NO3. The first kappa shape index (κ1) is 13.6. The molecule has 0 aliphatic carbocycles. The van der Waals surface area contributed by atoms with Crippen LogP contribution in [0.25, 0.3) is 0 Å². The van der Waals surface area contributed by atoms with Gasteiger partial charge in [-0.05, 0) is 24.6 Å². The quantitative estimate of drug-likeness (QED) is 0.893. The Kier molecular flexibility index (Phi) is 4.19. The van der Waals surface area contributed by atoms with Gasteiger partial charge >= 0.3 is 6.61 Å². The van der Waals surface area contributed by atoms with Gasteiger partial charge in [-0.2, -0.15) is 8.78 Å². The van der Waals surface area contributed by atoms with Gasteiger partial charge in [0.25, 0.3) is 0 Å². The van der Waals surface area contributed by atoms with Crippen LogP contribution in [0.4, 0.5) is 8.78 Å². The molecule has 0 unspecified atom stereocenters. The third-order valence-corrected chi connectivity index (χ3v) is 2.93. The molecule has 1 aliphatic heterocycles. The van der Waals surface area contributed by atoms with Crippen molar-refractivity contribution >= 4 is 5.91 Å². The van der Waals surface area contributed by atoms with E-state index in [-0.39, 0.29) is 23.3 Å². The summed E-state index contributed by atoms with van der Waals surface area (Å²) in [7, 11) is 0. The van der Waals surface area contributed by atoms with Crippen molar-refractivity contribution in [2.45, 2.75) is 25.9 Å². The standard InChI is InChI=1S/C13H15F2NO3/c1-2-18-11-5-8(9-6-12(17)16-7-9)3-4-10(11)19-13(14)15/h3-5,9,13H,2,6-7H2,1H3,(H,16,17)/t9-/m1/s1. The Morgan fingerprint density at radius 1 is 1.42 bits per heavy atom. The fourth-order valence-corrected chi connectivity index (χ4v) is 2.08. The van der Waals surface area contributed by atoms with E-state index in [2.05, 4.69) is 10.1 Å². The SMILES string of the molecule is CCOc1cc([C@H]2CNC(=O)C2)ccc1OC(F)F. The second-order valence-corrected chi connectivity index (χ2v) is 4.22. The summed E-state index contributed by atoms with van der Waals surface area (Å²) in [5.74, 6) is 0.334. The molecule has 1 heterocycles. The van der Waals surface area contributed by atoms with Gasteiger partial charge in [0, 0.05) is 18.9 Å². The van der Waals surface area contributed by atoms with E-state index in [4.69, 9.17) is 4.74 Å². The predicted molar refractivity (Wildman–Crippen MR) is 64.6 cm³/mol. The number of amides is 1. The molecule has 0 bridgehead atoms. The number of ether oxygens (including phenoxy) is 2. The molecule has 1 saturated heterocycles. The predicted octanol–water partition coefficient (Wildman–Crippen LogP) is 2.29. The topological polar surface area (TPSA) is 47.6 Å². The smallest absolute Gasteiger partial charge is 0.387 e. The minimum Gasteiger partial charge on any atom is -0.490 e. The molecule has 0 spiro atoms. The summed E-state index contributed by atoms with van der Waals surface area (Å²) in [4.78, 5) is 11.2. The average Bonchev–Trinajstić information content (AvgIpc) is 2.78. The third-order valence-electron chi connectivity index (χ3n) is 2.93. The Morgan fingerprint density at radius 3 is 2.79 bits per heavy atom. The zero-order valence-electron chi connectivity index (χ0n) is 10.5. The van der Waals surface area contributed by atoms with Crippen LogP contribution < -0.4 is 14.8 Å². The molecular weight excluding hydrogens is 256 g/mol. The highest BCUT2D eigenvalue weighted by Crippen LogP contribution is 2.34. The first-order valence-electron chi connectivity index (χ1n) is 6.08. The highest BCUT2D eigenvalue weighted by atomic mass is 19.3. The molecule has 4 nitrogen and oxygen atoms in total. The maximum Gasteiger partial charge on any atom is 0.387 e. The molecule has 6 heteroatoms. The number of hydrogen-bond acceptors (Lipinski definition) is 3. The number of rotatable bonds is 5. The van der Waals surface area contributed by atoms with E-state index in [0.29, 0.717) is 19.6 Å². The second kappa shape index (κ2) is 5.86. The van der Waals surface area contributed by atoms with Crippen LogP contribution >= 0.6 is 0 Å². The second-order valence-electron chi connectivity index (χ2n) is 4.22. The Bertz CT molecular complexity index is 465. The number of alkyl halides is 2. The summed E-state index contributed by atoms with van der Waals surface area (Å²) in [6.45, 7) is -0.219. The molecule has 1 atom stereocenters. The Morgan fingerprint density at radius 2 is 2.21 bits per heavy atom. The van der Waals surface area contributed by atoms with Crippen LogP contribution in [0.3, 0.4) is 0 Å². The molecule has 1 aromatic carbocycles. The van der Waals surface area contributed by atoms with Crippen LogP contribution in [-0.2, 0) is 4.79 Å². The van der Waals surface area contributed by atoms with E-state index in [1.165, 1.54) is 6.07 Å². The third kappa shape index (κ3) is 3.33. The number of halogens is 2. The van der Waals surface area contributed by atoms with Gasteiger partial charge in [-0.1, -0.05) is 6.07 Å². The van der Waals surface area contributed by atoms with E-state index < -0.39 is 6.61 Å². The first-order chi connectivity index (χ1) is 9.10. The number of carbonyl (C=O) groups is 1. The van der Waals surface area contributed by atoms with Crippen LogP contribution in [-0.4, -0.2) is 25.7 Å². The van der Waals surface area contributed by atoms with Crippen molar-refractivity contribution in [1.82, 2.24) is 5.32 Å². The molecule has 0 saturated carbocycles. The van der Waals surface area contributed by atoms with Gasteiger partial charge in [0.05, 0.1) is 6.61 Å². The molecule has 1 amide bonds. The average molecular weight is 271 g/mol. The van der Waals surface area contributed by atoms with Crippen molar-refractivity contribution in [3.63, 3.8) is 0 Å². The molecule has 19 heavy (non-hydrogen) atoms. The lowest BCUT2D eigenvalue weighted by atomic mass is 9.98. The minimum atomic E-state index is -2.89. The van der Waals surface area contributed by atoms with E-state index in [1.807, 2.05) is 0 Å². The van der Waals surface area contributed by atoms with Crippen molar-refractivity contribution in [1.29, 1.82) is 0 Å². The van der Waals surface area contributed by atoms with Crippen LogP contribution in [0.1, 0.15) is 24.8 Å². The van der Waals surface area contributed by atoms with E-state index in [0.717, 1.165) is 5.56 Å². The fourth-order valence-electron chi connectivity index (χ4n) is 2.08.